The van der Waals surface area contributed by atoms with Gasteiger partial charge in [-0.2, -0.15) is 4.98 Å². The second kappa shape index (κ2) is 4.84. The molecule has 0 aromatic carbocycles. The van der Waals surface area contributed by atoms with Gasteiger partial charge < -0.3 is 9.05 Å². The van der Waals surface area contributed by atoms with Crippen molar-refractivity contribution in [2.75, 3.05) is 0 Å². The fourth-order valence-corrected chi connectivity index (χ4v) is 2.03. The first kappa shape index (κ1) is 12.5. The summed E-state index contributed by atoms with van der Waals surface area (Å²) in [5.41, 5.74) is 1.38. The van der Waals surface area contributed by atoms with Gasteiger partial charge in [0, 0.05) is 12.6 Å². The van der Waals surface area contributed by atoms with E-state index in [1.807, 2.05) is 6.92 Å². The van der Waals surface area contributed by atoms with Crippen LogP contribution in [-0.2, 0) is 11.2 Å². The molecule has 1 aliphatic heterocycles. The Morgan fingerprint density at radius 1 is 1.30 bits per heavy atom. The van der Waals surface area contributed by atoms with Crippen molar-refractivity contribution < 1.29 is 13.8 Å². The average molecular weight is 272 g/mol. The van der Waals surface area contributed by atoms with E-state index in [2.05, 4.69) is 20.3 Å². The van der Waals surface area contributed by atoms with E-state index in [0.29, 0.717) is 35.2 Å². The lowest BCUT2D eigenvalue weighted by Crippen LogP contribution is -2.12. The van der Waals surface area contributed by atoms with Crippen LogP contribution in [0.15, 0.2) is 26.2 Å². The molecule has 1 aliphatic rings. The number of nitrogens with zero attached hydrogens (tertiary/aromatic N) is 4. The smallest absolute Gasteiger partial charge is 0.263 e. The van der Waals surface area contributed by atoms with Crippen molar-refractivity contribution in [1.29, 1.82) is 0 Å². The Bertz CT molecular complexity index is 711. The summed E-state index contributed by atoms with van der Waals surface area (Å²) in [6.07, 6.45) is 5.48. The number of carbonyl (C=O) groups is 1. The molecule has 1 atom stereocenters. The van der Waals surface area contributed by atoms with Gasteiger partial charge in [-0.3, -0.25) is 4.79 Å². The number of aliphatic imine (C=N–C) groups is 1. The first-order valence-electron chi connectivity index (χ1n) is 6.24. The molecular weight excluding hydrogens is 260 g/mol. The number of aromatic nitrogens is 3. The molecule has 2 aromatic heterocycles. The Kier molecular flexibility index (Phi) is 3.02. The van der Waals surface area contributed by atoms with E-state index in [1.165, 1.54) is 6.21 Å². The van der Waals surface area contributed by atoms with E-state index in [9.17, 15) is 4.79 Å². The number of allylic oxidation sites excluding steroid dienone is 1. The van der Waals surface area contributed by atoms with Crippen molar-refractivity contribution >= 4 is 12.1 Å². The highest BCUT2D eigenvalue weighted by molar-refractivity contribution is 5.96. The monoisotopic (exact) mass is 272 g/mol. The highest BCUT2D eigenvalue weighted by atomic mass is 16.5. The molecule has 0 saturated carbocycles. The molecule has 0 fully saturated rings. The first-order chi connectivity index (χ1) is 9.70. The lowest BCUT2D eigenvalue weighted by molar-refractivity contribution is -0.118. The van der Waals surface area contributed by atoms with Gasteiger partial charge in [-0.1, -0.05) is 23.3 Å². The van der Waals surface area contributed by atoms with Crippen molar-refractivity contribution in [3.8, 4) is 11.5 Å². The molecule has 1 unspecified atom stereocenters. The molecule has 102 valence electrons. The SMILES string of the molecule is CCc1onc(C)c1-c1nc(C2C=CC=NC2=O)no1. The quantitative estimate of drug-likeness (QED) is 0.846. The highest BCUT2D eigenvalue weighted by Gasteiger charge is 2.26. The summed E-state index contributed by atoms with van der Waals surface area (Å²) >= 11 is 0. The van der Waals surface area contributed by atoms with Crippen molar-refractivity contribution in [2.24, 2.45) is 4.99 Å². The van der Waals surface area contributed by atoms with Gasteiger partial charge in [-0.15, -0.1) is 0 Å². The predicted molar refractivity (Wildman–Crippen MR) is 69.3 cm³/mol. The normalized spacial score (nSPS) is 17.9. The van der Waals surface area contributed by atoms with Crippen LogP contribution < -0.4 is 0 Å². The van der Waals surface area contributed by atoms with Crippen LogP contribution in [0.3, 0.4) is 0 Å². The molecule has 1 amide bonds. The van der Waals surface area contributed by atoms with Crippen LogP contribution >= 0.6 is 0 Å². The van der Waals surface area contributed by atoms with Crippen molar-refractivity contribution in [3.05, 3.63) is 29.4 Å². The second-order valence-corrected chi connectivity index (χ2v) is 4.36. The fourth-order valence-electron chi connectivity index (χ4n) is 2.03. The second-order valence-electron chi connectivity index (χ2n) is 4.36. The van der Waals surface area contributed by atoms with E-state index in [0.717, 1.165) is 0 Å². The minimum atomic E-state index is -0.595. The number of carbonyl (C=O) groups excluding carboxylic acids is 1. The zero-order chi connectivity index (χ0) is 14.1. The van der Waals surface area contributed by atoms with Crippen LogP contribution in [-0.4, -0.2) is 27.4 Å². The summed E-state index contributed by atoms with van der Waals surface area (Å²) in [4.78, 5) is 19.7. The fraction of sp³-hybridized carbons (Fsp3) is 0.308. The van der Waals surface area contributed by atoms with Gasteiger partial charge in [0.15, 0.2) is 5.82 Å². The Balaban J connectivity index is 1.98. The Labute approximate surface area is 114 Å². The number of dihydropyridines is 1. The predicted octanol–water partition coefficient (Wildman–Crippen LogP) is 1.85. The molecular formula is C13H12N4O3. The van der Waals surface area contributed by atoms with E-state index in [1.54, 1.807) is 19.1 Å². The molecule has 0 aliphatic carbocycles. The van der Waals surface area contributed by atoms with Gasteiger partial charge >= 0.3 is 0 Å². The topological polar surface area (TPSA) is 94.4 Å². The van der Waals surface area contributed by atoms with E-state index in [4.69, 9.17) is 9.05 Å². The largest absolute Gasteiger partial charge is 0.360 e. The number of aryl methyl sites for hydroxylation is 2. The number of hydrogen-bond acceptors (Lipinski definition) is 6. The van der Waals surface area contributed by atoms with Crippen molar-refractivity contribution in [1.82, 2.24) is 15.3 Å². The minimum absolute atomic E-state index is 0.292. The highest BCUT2D eigenvalue weighted by Crippen LogP contribution is 2.28. The molecule has 0 N–H and O–H groups in total. The van der Waals surface area contributed by atoms with Gasteiger partial charge in [0.25, 0.3) is 11.8 Å². The molecule has 0 spiro atoms. The van der Waals surface area contributed by atoms with Crippen molar-refractivity contribution in [2.45, 2.75) is 26.2 Å². The molecule has 0 saturated heterocycles. The summed E-state index contributed by atoms with van der Waals surface area (Å²) in [7, 11) is 0. The molecule has 7 nitrogen and oxygen atoms in total. The summed E-state index contributed by atoms with van der Waals surface area (Å²) in [6, 6.07) is 0. The lowest BCUT2D eigenvalue weighted by Gasteiger charge is -2.04. The summed E-state index contributed by atoms with van der Waals surface area (Å²) in [5, 5.41) is 7.75. The lowest BCUT2D eigenvalue weighted by atomic mass is 10.1. The van der Waals surface area contributed by atoms with Gasteiger partial charge in [0.1, 0.15) is 17.2 Å². The van der Waals surface area contributed by atoms with Crippen LogP contribution in [0.2, 0.25) is 0 Å². The third-order valence-electron chi connectivity index (χ3n) is 3.05. The van der Waals surface area contributed by atoms with E-state index in [-0.39, 0.29) is 5.91 Å². The van der Waals surface area contributed by atoms with Gasteiger partial charge in [-0.05, 0) is 13.0 Å². The van der Waals surface area contributed by atoms with Crippen molar-refractivity contribution in [3.63, 3.8) is 0 Å². The van der Waals surface area contributed by atoms with E-state index >= 15 is 0 Å². The average Bonchev–Trinajstić information content (AvgIpc) is 3.05. The maximum Gasteiger partial charge on any atom is 0.263 e. The number of hydrogen-bond donors (Lipinski definition) is 0. The molecule has 0 bridgehead atoms. The van der Waals surface area contributed by atoms with Gasteiger partial charge in [0.05, 0.1) is 5.69 Å². The van der Waals surface area contributed by atoms with Crippen LogP contribution in [0.25, 0.3) is 11.5 Å². The maximum absolute atomic E-state index is 11.7. The van der Waals surface area contributed by atoms with Crippen LogP contribution in [0, 0.1) is 6.92 Å². The summed E-state index contributed by atoms with van der Waals surface area (Å²) in [6.45, 7) is 3.75. The zero-order valence-corrected chi connectivity index (χ0v) is 11.0. The third kappa shape index (κ3) is 1.97. The van der Waals surface area contributed by atoms with Crippen LogP contribution in [0.5, 0.6) is 0 Å². The molecule has 2 aromatic rings. The standard InChI is InChI=1S/C13H12N4O3/c1-3-9-10(7(2)16-19-9)13-15-11(17-20-13)8-5-4-6-14-12(8)18/h4-6,8H,3H2,1-2H3. The first-order valence-corrected chi connectivity index (χ1v) is 6.24. The maximum atomic E-state index is 11.7. The molecule has 0 radical (unpaired) electrons. The molecule has 3 rings (SSSR count). The Morgan fingerprint density at radius 3 is 2.90 bits per heavy atom. The Hall–Kier alpha value is -2.57. The third-order valence-corrected chi connectivity index (χ3v) is 3.05. The number of amides is 1. The van der Waals surface area contributed by atoms with Gasteiger partial charge in [-0.25, -0.2) is 4.99 Å². The Morgan fingerprint density at radius 2 is 2.15 bits per heavy atom. The summed E-state index contributed by atoms with van der Waals surface area (Å²) in [5.74, 6) is 0.383. The molecule has 7 heteroatoms. The minimum Gasteiger partial charge on any atom is -0.360 e. The van der Waals surface area contributed by atoms with E-state index < -0.39 is 5.92 Å². The van der Waals surface area contributed by atoms with Crippen LogP contribution in [0.4, 0.5) is 0 Å². The molecule has 3 heterocycles. The molecule has 20 heavy (non-hydrogen) atoms. The van der Waals surface area contributed by atoms with Crippen LogP contribution in [0.1, 0.15) is 30.1 Å². The summed E-state index contributed by atoms with van der Waals surface area (Å²) < 4.78 is 10.4. The number of rotatable bonds is 3. The van der Waals surface area contributed by atoms with Gasteiger partial charge in [0.2, 0.25) is 0 Å². The zero-order valence-electron chi connectivity index (χ0n) is 11.0.